The van der Waals surface area contributed by atoms with Gasteiger partial charge in [0.15, 0.2) is 0 Å². The van der Waals surface area contributed by atoms with Gasteiger partial charge in [0, 0.05) is 31.7 Å². The van der Waals surface area contributed by atoms with Crippen molar-refractivity contribution in [1.29, 1.82) is 0 Å². The summed E-state index contributed by atoms with van der Waals surface area (Å²) in [5.74, 6) is 0.240. The number of halogens is 1. The minimum absolute atomic E-state index is 0.109. The van der Waals surface area contributed by atoms with Gasteiger partial charge < -0.3 is 15.8 Å². The maximum atomic E-state index is 12.6. The number of ether oxygens (including phenoxy) is 1. The lowest BCUT2D eigenvalue weighted by atomic mass is 10.1. The molecule has 1 heterocycles. The number of likely N-dealkylation sites (tertiary alicyclic amines) is 1. The zero-order chi connectivity index (χ0) is 17.8. The number of carbonyl (C=O) groups is 1. The number of rotatable bonds is 5. The Hall–Kier alpha value is -2.24. The van der Waals surface area contributed by atoms with E-state index in [1.54, 1.807) is 12.1 Å². The molecule has 132 valence electrons. The summed E-state index contributed by atoms with van der Waals surface area (Å²) in [4.78, 5) is 14.9. The number of nitrogens with zero attached hydrogens (tertiary/aromatic N) is 1. The Bertz CT molecular complexity index is 752. The zero-order valence-electron chi connectivity index (χ0n) is 14.2. The molecule has 2 aromatic rings. The smallest absolute Gasteiger partial charge is 0.255 e. The van der Waals surface area contributed by atoms with Crippen LogP contribution in [0.3, 0.4) is 0 Å². The summed E-state index contributed by atoms with van der Waals surface area (Å²) in [6.45, 7) is 2.68. The standard InChI is InChI=1S/C19H22ClN3O2/c1-25-18-10-17(21)16(20)9-15(18)19(24)22-14-7-8-23(12-14)11-13-5-3-2-4-6-13/h2-6,9-10,14H,7-8,11-12,21H2,1H3,(H,22,24)/t14-/m1/s1. The summed E-state index contributed by atoms with van der Waals surface area (Å²) in [5, 5.41) is 3.42. The molecule has 6 heteroatoms. The van der Waals surface area contributed by atoms with Crippen molar-refractivity contribution in [3.05, 3.63) is 58.6 Å². The van der Waals surface area contributed by atoms with Crippen LogP contribution in [0, 0.1) is 0 Å². The highest BCUT2D eigenvalue weighted by atomic mass is 35.5. The third-order valence-electron chi connectivity index (χ3n) is 4.42. The summed E-state index contributed by atoms with van der Waals surface area (Å²) >= 11 is 6.05. The van der Waals surface area contributed by atoms with Gasteiger partial charge in [-0.05, 0) is 18.1 Å². The first-order chi connectivity index (χ1) is 12.1. The second kappa shape index (κ2) is 7.76. The van der Waals surface area contributed by atoms with Gasteiger partial charge in [-0.15, -0.1) is 0 Å². The first kappa shape index (κ1) is 17.6. The minimum Gasteiger partial charge on any atom is -0.496 e. The number of anilines is 1. The van der Waals surface area contributed by atoms with E-state index in [-0.39, 0.29) is 11.9 Å². The summed E-state index contributed by atoms with van der Waals surface area (Å²) in [6, 6.07) is 13.6. The quantitative estimate of drug-likeness (QED) is 0.805. The van der Waals surface area contributed by atoms with Gasteiger partial charge in [-0.25, -0.2) is 0 Å². The van der Waals surface area contributed by atoms with Crippen molar-refractivity contribution in [3.63, 3.8) is 0 Å². The fourth-order valence-electron chi connectivity index (χ4n) is 3.11. The van der Waals surface area contributed by atoms with E-state index in [1.165, 1.54) is 12.7 Å². The van der Waals surface area contributed by atoms with Crippen LogP contribution in [0.1, 0.15) is 22.3 Å². The predicted octanol–water partition coefficient (Wildman–Crippen LogP) is 2.94. The Kier molecular flexibility index (Phi) is 5.46. The number of methoxy groups -OCH3 is 1. The van der Waals surface area contributed by atoms with Crippen molar-refractivity contribution >= 4 is 23.2 Å². The van der Waals surface area contributed by atoms with Gasteiger partial charge in [-0.1, -0.05) is 41.9 Å². The number of nitrogens with two attached hydrogens (primary N) is 1. The van der Waals surface area contributed by atoms with Crippen LogP contribution in [0.2, 0.25) is 5.02 Å². The van der Waals surface area contributed by atoms with Gasteiger partial charge in [0.2, 0.25) is 0 Å². The molecule has 0 unspecified atom stereocenters. The normalized spacial score (nSPS) is 17.4. The Morgan fingerprint density at radius 1 is 1.36 bits per heavy atom. The molecular weight excluding hydrogens is 338 g/mol. The van der Waals surface area contributed by atoms with E-state index in [4.69, 9.17) is 22.1 Å². The average molecular weight is 360 g/mol. The van der Waals surface area contributed by atoms with E-state index in [9.17, 15) is 4.79 Å². The van der Waals surface area contributed by atoms with E-state index >= 15 is 0 Å². The molecule has 3 N–H and O–H groups in total. The molecule has 0 spiro atoms. The number of nitrogens with one attached hydrogen (secondary N) is 1. The predicted molar refractivity (Wildman–Crippen MR) is 100 cm³/mol. The molecule has 1 atom stereocenters. The SMILES string of the molecule is COc1cc(N)c(Cl)cc1C(=O)N[C@@H]1CCN(Cc2ccccc2)C1. The highest BCUT2D eigenvalue weighted by molar-refractivity contribution is 6.33. The topological polar surface area (TPSA) is 67.6 Å². The van der Waals surface area contributed by atoms with Gasteiger partial charge in [-0.2, -0.15) is 0 Å². The van der Waals surface area contributed by atoms with Crippen LogP contribution in [0.4, 0.5) is 5.69 Å². The summed E-state index contributed by atoms with van der Waals surface area (Å²) in [5.41, 5.74) is 7.85. The lowest BCUT2D eigenvalue weighted by Crippen LogP contribution is -2.37. The van der Waals surface area contributed by atoms with Crippen LogP contribution in [-0.2, 0) is 6.54 Å². The number of amides is 1. The van der Waals surface area contributed by atoms with E-state index in [0.717, 1.165) is 26.1 Å². The molecule has 0 saturated carbocycles. The largest absolute Gasteiger partial charge is 0.496 e. The monoisotopic (exact) mass is 359 g/mol. The molecule has 1 saturated heterocycles. The van der Waals surface area contributed by atoms with Crippen molar-refractivity contribution in [2.45, 2.75) is 19.0 Å². The molecule has 0 aliphatic carbocycles. The molecule has 2 aromatic carbocycles. The third kappa shape index (κ3) is 4.24. The molecule has 3 rings (SSSR count). The number of hydrogen-bond donors (Lipinski definition) is 2. The molecule has 1 aliphatic heterocycles. The maximum Gasteiger partial charge on any atom is 0.255 e. The van der Waals surface area contributed by atoms with E-state index in [2.05, 4.69) is 22.3 Å². The van der Waals surface area contributed by atoms with Gasteiger partial charge in [0.25, 0.3) is 5.91 Å². The molecule has 1 aliphatic rings. The average Bonchev–Trinajstić information content (AvgIpc) is 3.04. The van der Waals surface area contributed by atoms with E-state index in [1.807, 2.05) is 18.2 Å². The summed E-state index contributed by atoms with van der Waals surface area (Å²) < 4.78 is 5.26. The lowest BCUT2D eigenvalue weighted by Gasteiger charge is -2.17. The molecule has 5 nitrogen and oxygen atoms in total. The Morgan fingerprint density at radius 2 is 2.12 bits per heavy atom. The first-order valence-corrected chi connectivity index (χ1v) is 8.64. The van der Waals surface area contributed by atoms with Gasteiger partial charge >= 0.3 is 0 Å². The van der Waals surface area contributed by atoms with E-state index < -0.39 is 0 Å². The molecule has 1 fully saturated rings. The van der Waals surface area contributed by atoms with Crippen LogP contribution in [-0.4, -0.2) is 37.0 Å². The van der Waals surface area contributed by atoms with Gasteiger partial charge in [-0.3, -0.25) is 9.69 Å². The summed E-state index contributed by atoms with van der Waals surface area (Å²) in [7, 11) is 1.51. The van der Waals surface area contributed by atoms with E-state index in [0.29, 0.717) is 22.0 Å². The number of carbonyl (C=O) groups excluding carboxylic acids is 1. The van der Waals surface area contributed by atoms with Crippen LogP contribution in [0.25, 0.3) is 0 Å². The van der Waals surface area contributed by atoms with Crippen LogP contribution in [0.5, 0.6) is 5.75 Å². The molecule has 0 bridgehead atoms. The molecule has 25 heavy (non-hydrogen) atoms. The zero-order valence-corrected chi connectivity index (χ0v) is 14.9. The lowest BCUT2D eigenvalue weighted by molar-refractivity contribution is 0.0934. The third-order valence-corrected chi connectivity index (χ3v) is 4.75. The summed E-state index contributed by atoms with van der Waals surface area (Å²) in [6.07, 6.45) is 0.920. The van der Waals surface area contributed by atoms with Crippen molar-refractivity contribution in [2.24, 2.45) is 0 Å². The highest BCUT2D eigenvalue weighted by Crippen LogP contribution is 2.29. The molecular formula is C19H22ClN3O2. The molecule has 0 radical (unpaired) electrons. The van der Waals surface area contributed by atoms with Crippen molar-refractivity contribution in [3.8, 4) is 5.75 Å². The van der Waals surface area contributed by atoms with Crippen LogP contribution < -0.4 is 15.8 Å². The highest BCUT2D eigenvalue weighted by Gasteiger charge is 2.25. The van der Waals surface area contributed by atoms with Crippen molar-refractivity contribution < 1.29 is 9.53 Å². The second-order valence-electron chi connectivity index (χ2n) is 6.25. The Labute approximate surface area is 152 Å². The Balaban J connectivity index is 1.62. The van der Waals surface area contributed by atoms with Crippen molar-refractivity contribution in [1.82, 2.24) is 10.2 Å². The number of hydrogen-bond acceptors (Lipinski definition) is 4. The molecule has 0 aromatic heterocycles. The van der Waals surface area contributed by atoms with Crippen molar-refractivity contribution in [2.75, 3.05) is 25.9 Å². The fraction of sp³-hybridized carbons (Fsp3) is 0.316. The fourth-order valence-corrected chi connectivity index (χ4v) is 3.28. The number of nitrogen functional groups attached to an aromatic ring is 1. The van der Waals surface area contributed by atoms with Crippen LogP contribution in [0.15, 0.2) is 42.5 Å². The first-order valence-electron chi connectivity index (χ1n) is 8.27. The number of benzene rings is 2. The van der Waals surface area contributed by atoms with Gasteiger partial charge in [0.05, 0.1) is 23.4 Å². The second-order valence-corrected chi connectivity index (χ2v) is 6.66. The Morgan fingerprint density at radius 3 is 2.84 bits per heavy atom. The molecule has 1 amide bonds. The van der Waals surface area contributed by atoms with Crippen LogP contribution >= 0.6 is 11.6 Å². The van der Waals surface area contributed by atoms with Gasteiger partial charge in [0.1, 0.15) is 5.75 Å². The minimum atomic E-state index is -0.190. The maximum absolute atomic E-state index is 12.6.